The van der Waals surface area contributed by atoms with Gasteiger partial charge >= 0.3 is 0 Å². The summed E-state index contributed by atoms with van der Waals surface area (Å²) in [7, 11) is 0. The summed E-state index contributed by atoms with van der Waals surface area (Å²) in [5.41, 5.74) is 5.01. The van der Waals surface area contributed by atoms with Crippen molar-refractivity contribution < 1.29 is 4.79 Å². The van der Waals surface area contributed by atoms with Crippen molar-refractivity contribution in [2.75, 3.05) is 4.90 Å². The number of anilines is 2. The van der Waals surface area contributed by atoms with E-state index in [-0.39, 0.29) is 11.5 Å². The third-order valence-electron chi connectivity index (χ3n) is 5.71. The molecule has 0 unspecified atom stereocenters. The molecule has 0 aliphatic heterocycles. The average molecular weight is 499 g/mol. The fourth-order valence-corrected chi connectivity index (χ4v) is 6.61. The molecule has 33 heavy (non-hydrogen) atoms. The van der Waals surface area contributed by atoms with Gasteiger partial charge in [-0.15, -0.1) is 22.7 Å². The van der Waals surface area contributed by atoms with Crippen LogP contribution in [0.3, 0.4) is 0 Å². The molecule has 4 aromatic rings. The molecule has 0 radical (unpaired) electrons. The van der Waals surface area contributed by atoms with Crippen LogP contribution in [0.1, 0.15) is 41.1 Å². The minimum atomic E-state index is -0.0813. The molecule has 3 heterocycles. The smallest absolute Gasteiger partial charge is 0.263 e. The predicted molar refractivity (Wildman–Crippen MR) is 139 cm³/mol. The highest BCUT2D eigenvalue weighted by Gasteiger charge is 2.20. The summed E-state index contributed by atoms with van der Waals surface area (Å²) < 4.78 is 1.73. The molecule has 0 atom stereocenters. The van der Waals surface area contributed by atoms with E-state index in [0.29, 0.717) is 22.6 Å². The number of aryl methyl sites for hydroxylation is 4. The van der Waals surface area contributed by atoms with E-state index in [2.05, 4.69) is 6.92 Å². The van der Waals surface area contributed by atoms with Gasteiger partial charge in [-0.1, -0.05) is 17.8 Å². The van der Waals surface area contributed by atoms with E-state index in [9.17, 15) is 9.59 Å². The molecule has 0 spiro atoms. The molecule has 0 fully saturated rings. The van der Waals surface area contributed by atoms with Crippen LogP contribution >= 0.6 is 34.4 Å². The molecule has 0 saturated carbocycles. The van der Waals surface area contributed by atoms with E-state index in [1.807, 2.05) is 51.3 Å². The average Bonchev–Trinajstić information content (AvgIpc) is 3.33. The first-order chi connectivity index (χ1) is 15.7. The van der Waals surface area contributed by atoms with Crippen LogP contribution in [0, 0.1) is 27.7 Å². The number of thiazole rings is 1. The highest BCUT2D eigenvalue weighted by atomic mass is 32.2. The molecule has 1 aromatic carbocycles. The maximum atomic E-state index is 13.1. The van der Waals surface area contributed by atoms with Gasteiger partial charge in [-0.3, -0.25) is 19.1 Å². The number of nitrogens with zero attached hydrogens (tertiary/aromatic N) is 4. The lowest BCUT2D eigenvalue weighted by atomic mass is 10.1. The fraction of sp³-hybridized carbons (Fsp3) is 0.333. The molecule has 6 nitrogen and oxygen atoms in total. The van der Waals surface area contributed by atoms with Crippen molar-refractivity contribution in [1.82, 2.24) is 14.5 Å². The minimum Gasteiger partial charge on any atom is -0.287 e. The van der Waals surface area contributed by atoms with Gasteiger partial charge in [0.25, 0.3) is 5.56 Å². The summed E-state index contributed by atoms with van der Waals surface area (Å²) >= 11 is 4.51. The largest absolute Gasteiger partial charge is 0.287 e. The van der Waals surface area contributed by atoms with E-state index < -0.39 is 0 Å². The molecule has 9 heteroatoms. The van der Waals surface area contributed by atoms with E-state index in [0.717, 1.165) is 37.6 Å². The maximum absolute atomic E-state index is 13.1. The van der Waals surface area contributed by atoms with Gasteiger partial charge in [0, 0.05) is 29.5 Å². The molecule has 1 amide bonds. The first kappa shape index (κ1) is 23.7. The lowest BCUT2D eigenvalue weighted by molar-refractivity contribution is -0.115. The van der Waals surface area contributed by atoms with E-state index in [1.165, 1.54) is 28.7 Å². The Morgan fingerprint density at radius 1 is 1.15 bits per heavy atom. The van der Waals surface area contributed by atoms with Crippen molar-refractivity contribution in [3.05, 3.63) is 61.2 Å². The zero-order valence-corrected chi connectivity index (χ0v) is 22.0. The molecule has 0 aliphatic carbocycles. The molecule has 0 aliphatic rings. The predicted octanol–water partition coefficient (Wildman–Crippen LogP) is 6.14. The summed E-state index contributed by atoms with van der Waals surface area (Å²) in [5.74, 6) is 0.485. The van der Waals surface area contributed by atoms with Gasteiger partial charge in [0.2, 0.25) is 5.91 Å². The lowest BCUT2D eigenvalue weighted by Crippen LogP contribution is -2.23. The van der Waals surface area contributed by atoms with E-state index in [4.69, 9.17) is 9.97 Å². The van der Waals surface area contributed by atoms with Crippen LogP contribution in [0.4, 0.5) is 10.8 Å². The standard InChI is InChI=1S/C24H26N4O2S3/c1-7-27-22(30)20-15(4)16(5)33-21(20)26-23(27)31-11-18-12-32-24(25-18)28(17(6)29)19-9-8-13(2)14(3)10-19/h8-10,12H,7,11H2,1-6H3. The first-order valence-electron chi connectivity index (χ1n) is 10.7. The number of amides is 1. The van der Waals surface area contributed by atoms with E-state index >= 15 is 0 Å². The Labute approximate surface area is 205 Å². The summed E-state index contributed by atoms with van der Waals surface area (Å²) in [6.45, 7) is 12.2. The van der Waals surface area contributed by atoms with E-state index in [1.54, 1.807) is 27.7 Å². The molecule has 0 N–H and O–H groups in total. The van der Waals surface area contributed by atoms with Crippen LogP contribution in [0.2, 0.25) is 0 Å². The Hall–Kier alpha value is -2.49. The number of hydrogen-bond acceptors (Lipinski definition) is 7. The van der Waals surface area contributed by atoms with Crippen molar-refractivity contribution >= 4 is 61.4 Å². The molecule has 172 valence electrons. The quantitative estimate of drug-likeness (QED) is 0.236. The molecule has 3 aromatic heterocycles. The molecule has 0 saturated heterocycles. The van der Waals surface area contributed by atoms with Crippen molar-refractivity contribution in [2.45, 2.75) is 59.0 Å². The van der Waals surface area contributed by atoms with Crippen LogP contribution in [0.25, 0.3) is 10.2 Å². The van der Waals surface area contributed by atoms with Gasteiger partial charge < -0.3 is 0 Å². The highest BCUT2D eigenvalue weighted by Crippen LogP contribution is 2.33. The number of thiophene rings is 1. The molecular weight excluding hydrogens is 472 g/mol. The molecule has 0 bridgehead atoms. The number of fused-ring (bicyclic) bond motifs is 1. The normalized spacial score (nSPS) is 11.3. The van der Waals surface area contributed by atoms with Gasteiger partial charge in [-0.25, -0.2) is 9.97 Å². The van der Waals surface area contributed by atoms with Gasteiger partial charge in [0.15, 0.2) is 10.3 Å². The first-order valence-corrected chi connectivity index (χ1v) is 13.3. The number of hydrogen-bond donors (Lipinski definition) is 0. The maximum Gasteiger partial charge on any atom is 0.263 e. The van der Waals surface area contributed by atoms with Crippen LogP contribution in [-0.4, -0.2) is 20.4 Å². The van der Waals surface area contributed by atoms with Gasteiger partial charge in [0.1, 0.15) is 4.83 Å². The summed E-state index contributed by atoms with van der Waals surface area (Å²) in [5, 5.41) is 4.03. The zero-order chi connectivity index (χ0) is 23.9. The Balaban J connectivity index is 1.61. The Morgan fingerprint density at radius 2 is 1.91 bits per heavy atom. The lowest BCUT2D eigenvalue weighted by Gasteiger charge is -2.19. The Morgan fingerprint density at radius 3 is 2.58 bits per heavy atom. The molecular formula is C24H26N4O2S3. The highest BCUT2D eigenvalue weighted by molar-refractivity contribution is 7.98. The second-order valence-corrected chi connectivity index (χ2v) is 10.9. The second-order valence-electron chi connectivity index (χ2n) is 7.94. The number of aromatic nitrogens is 3. The topological polar surface area (TPSA) is 68.1 Å². The van der Waals surface area contributed by atoms with Crippen LogP contribution < -0.4 is 10.5 Å². The minimum absolute atomic E-state index is 0.0170. The van der Waals surface area contributed by atoms with Crippen molar-refractivity contribution in [2.24, 2.45) is 0 Å². The van der Waals surface area contributed by atoms with Crippen LogP contribution in [0.5, 0.6) is 0 Å². The number of carbonyl (C=O) groups excluding carboxylic acids is 1. The van der Waals surface area contributed by atoms with Crippen molar-refractivity contribution in [3.63, 3.8) is 0 Å². The third-order valence-corrected chi connectivity index (χ3v) is 8.70. The van der Waals surface area contributed by atoms with Gasteiger partial charge in [-0.2, -0.15) is 0 Å². The van der Waals surface area contributed by atoms with Gasteiger partial charge in [-0.05, 0) is 63.4 Å². The van der Waals surface area contributed by atoms with Crippen LogP contribution in [0.15, 0.2) is 33.5 Å². The third kappa shape index (κ3) is 4.49. The fourth-order valence-electron chi connectivity index (χ4n) is 3.59. The summed E-state index contributed by atoms with van der Waals surface area (Å²) in [6, 6.07) is 5.98. The molecule has 4 rings (SSSR count). The van der Waals surface area contributed by atoms with Crippen molar-refractivity contribution in [3.8, 4) is 0 Å². The monoisotopic (exact) mass is 498 g/mol. The van der Waals surface area contributed by atoms with Crippen molar-refractivity contribution in [1.29, 1.82) is 0 Å². The second kappa shape index (κ2) is 9.40. The zero-order valence-electron chi connectivity index (χ0n) is 19.6. The summed E-state index contributed by atoms with van der Waals surface area (Å²) in [4.78, 5) is 38.6. The number of carbonyl (C=O) groups is 1. The van der Waals surface area contributed by atoms with Crippen LogP contribution in [-0.2, 0) is 17.1 Å². The SMILES string of the molecule is CCn1c(SCc2csc(N(C(C)=O)c3ccc(C)c(C)c3)n2)nc2sc(C)c(C)c2c1=O. The Bertz CT molecular complexity index is 1420. The summed E-state index contributed by atoms with van der Waals surface area (Å²) in [6.07, 6.45) is 0. The number of benzene rings is 1. The van der Waals surface area contributed by atoms with Gasteiger partial charge in [0.05, 0.1) is 16.8 Å². The Kier molecular flexibility index (Phi) is 6.74. The number of rotatable bonds is 6. The number of thioether (sulfide) groups is 1.